The Morgan fingerprint density at radius 3 is 0.681 bits per heavy atom. The summed E-state index contributed by atoms with van der Waals surface area (Å²) in [6.07, 6.45) is 0. The fourth-order valence-electron chi connectivity index (χ4n) is 22.2. The van der Waals surface area contributed by atoms with E-state index in [2.05, 4.69) is 546 Å². The third kappa shape index (κ3) is 14.7. The van der Waals surface area contributed by atoms with Gasteiger partial charge < -0.3 is 0 Å². The highest BCUT2D eigenvalue weighted by Gasteiger charge is 2.26. The molecule has 0 aliphatic rings. The molecule has 0 N–H and O–H groups in total. The van der Waals surface area contributed by atoms with E-state index >= 15 is 0 Å². The van der Waals surface area contributed by atoms with Gasteiger partial charge in [-0.05, 0) is 293 Å². The minimum absolute atomic E-state index is 1.22. The maximum absolute atomic E-state index is 2.42. The van der Waals surface area contributed by atoms with Crippen molar-refractivity contribution in [3.05, 3.63) is 546 Å². The van der Waals surface area contributed by atoms with Crippen LogP contribution < -0.4 is 0 Å². The Balaban J connectivity index is 0.000000110. The summed E-state index contributed by atoms with van der Waals surface area (Å²) < 4.78 is 0. The van der Waals surface area contributed by atoms with Crippen LogP contribution in [0.1, 0.15) is 0 Å². The van der Waals surface area contributed by atoms with E-state index in [4.69, 9.17) is 0 Å². The zero-order valence-corrected chi connectivity index (χ0v) is 76.0. The number of fused-ring (bicyclic) bond motifs is 12. The van der Waals surface area contributed by atoms with Gasteiger partial charge in [0.25, 0.3) is 0 Å². The van der Waals surface area contributed by atoms with Gasteiger partial charge in [0.15, 0.2) is 0 Å². The Labute approximate surface area is 802 Å². The number of hydrogen-bond acceptors (Lipinski definition) is 0. The third-order valence-corrected chi connectivity index (χ3v) is 28.3. The summed E-state index contributed by atoms with van der Waals surface area (Å²) in [7, 11) is 0. The Morgan fingerprint density at radius 2 is 0.297 bits per heavy atom. The number of benzene rings is 27. The summed E-state index contributed by atoms with van der Waals surface area (Å²) in [5.74, 6) is 0. The topological polar surface area (TPSA) is 0 Å². The molecule has 27 aromatic rings. The maximum atomic E-state index is 2.42. The first-order chi connectivity index (χ1) is 68.5. The smallest absolute Gasteiger partial charge is 0.00139 e. The summed E-state index contributed by atoms with van der Waals surface area (Å²) in [4.78, 5) is 0. The molecule has 138 heavy (non-hydrogen) atoms. The van der Waals surface area contributed by atoms with Gasteiger partial charge in [0.2, 0.25) is 0 Å². The van der Waals surface area contributed by atoms with Crippen LogP contribution in [0.15, 0.2) is 546 Å². The normalized spacial score (nSPS) is 11.5. The molecule has 27 rings (SSSR count). The van der Waals surface area contributed by atoms with E-state index in [1.807, 2.05) is 0 Å². The van der Waals surface area contributed by atoms with Crippen LogP contribution in [0.3, 0.4) is 0 Å². The van der Waals surface area contributed by atoms with Crippen LogP contribution in [0.4, 0.5) is 0 Å². The first kappa shape index (κ1) is 82.0. The van der Waals surface area contributed by atoms with Gasteiger partial charge in [0, 0.05) is 0 Å². The lowest BCUT2D eigenvalue weighted by Gasteiger charge is -2.22. The Morgan fingerprint density at radius 1 is 0.0725 bits per heavy atom. The largest absolute Gasteiger partial charge is 0.0622 e. The van der Waals surface area contributed by atoms with Crippen LogP contribution in [0.5, 0.6) is 0 Å². The van der Waals surface area contributed by atoms with E-state index in [9.17, 15) is 0 Å². The molecule has 0 saturated heterocycles. The SMILES string of the molecule is c1ccc(-c2cccc(-c3c4ccccc4c(-c4c(-c5cccc6ccccc56)ccc5ccccc45)c4ccccc34)c2)cc1.c1ccc(-c2cccc(-c3c4ccccc4c(-c4cc(-c5cccc6ccccc56)cc5ccccc45)c4ccccc34)c2)cc1.c1ccc(-c2cccc(-c3c4ccccc4c(-c4ccc(-c5cccc6ccccc56)c5ccccc45)c4ccccc34)c2)cc1. The Hall–Kier alpha value is -17.9. The molecule has 0 aromatic heterocycles. The van der Waals surface area contributed by atoms with Crippen LogP contribution >= 0.6 is 0 Å². The molecule has 0 saturated carbocycles. The summed E-state index contributed by atoms with van der Waals surface area (Å²) in [5.41, 5.74) is 30.1. The molecule has 0 bridgehead atoms. The monoisotopic (exact) mass is 1750 g/mol. The summed E-state index contributed by atoms with van der Waals surface area (Å²) >= 11 is 0. The van der Waals surface area contributed by atoms with Crippen LogP contribution in [-0.2, 0) is 0 Å². The number of hydrogen-bond donors (Lipinski definition) is 0. The van der Waals surface area contributed by atoms with Crippen LogP contribution in [-0.4, -0.2) is 0 Å². The van der Waals surface area contributed by atoms with Crippen molar-refractivity contribution in [3.8, 4) is 134 Å². The van der Waals surface area contributed by atoms with Crippen LogP contribution in [0.25, 0.3) is 263 Å². The van der Waals surface area contributed by atoms with Crippen LogP contribution in [0.2, 0.25) is 0 Å². The highest BCUT2D eigenvalue weighted by Crippen LogP contribution is 2.54. The second kappa shape index (κ2) is 35.5. The molecule has 0 nitrogen and oxygen atoms in total. The lowest BCUT2D eigenvalue weighted by atomic mass is 9.81. The lowest BCUT2D eigenvalue weighted by molar-refractivity contribution is 1.61. The zero-order chi connectivity index (χ0) is 91.4. The second-order valence-electron chi connectivity index (χ2n) is 36.1. The molecule has 0 heteroatoms. The fraction of sp³-hybridized carbons (Fsp3) is 0. The lowest BCUT2D eigenvalue weighted by Crippen LogP contribution is -1.94. The molecule has 642 valence electrons. The second-order valence-corrected chi connectivity index (χ2v) is 36.1. The maximum Gasteiger partial charge on any atom is -0.00139 e. The van der Waals surface area contributed by atoms with Crippen molar-refractivity contribution in [1.29, 1.82) is 0 Å². The molecule has 0 heterocycles. The third-order valence-electron chi connectivity index (χ3n) is 28.3. The molecule has 0 aliphatic carbocycles. The predicted molar refractivity (Wildman–Crippen MR) is 595 cm³/mol. The predicted octanol–water partition coefficient (Wildman–Crippen LogP) is 38.9. The van der Waals surface area contributed by atoms with E-state index in [0.717, 1.165) is 0 Å². The van der Waals surface area contributed by atoms with Crippen molar-refractivity contribution in [2.75, 3.05) is 0 Å². The molecule has 0 unspecified atom stereocenters. The van der Waals surface area contributed by atoms with Crippen molar-refractivity contribution < 1.29 is 0 Å². The molecule has 27 aromatic carbocycles. The van der Waals surface area contributed by atoms with Crippen molar-refractivity contribution in [2.45, 2.75) is 0 Å². The summed E-state index contributed by atoms with van der Waals surface area (Å²) in [6, 6.07) is 200. The van der Waals surface area contributed by atoms with E-state index in [1.165, 1.54) is 263 Å². The molecule has 0 radical (unpaired) electrons. The zero-order valence-electron chi connectivity index (χ0n) is 76.0. The highest BCUT2D eigenvalue weighted by atomic mass is 14.3. The van der Waals surface area contributed by atoms with Gasteiger partial charge in [-0.15, -0.1) is 0 Å². The minimum Gasteiger partial charge on any atom is -0.0622 e. The van der Waals surface area contributed by atoms with E-state index in [1.54, 1.807) is 0 Å². The first-order valence-electron chi connectivity index (χ1n) is 47.8. The molecular weight excluding hydrogens is 1660 g/mol. The van der Waals surface area contributed by atoms with Crippen molar-refractivity contribution in [3.63, 3.8) is 0 Å². The minimum atomic E-state index is 1.22. The molecular formula is C138H90. The molecule has 0 aliphatic heterocycles. The van der Waals surface area contributed by atoms with Crippen molar-refractivity contribution in [1.82, 2.24) is 0 Å². The fourth-order valence-corrected chi connectivity index (χ4v) is 22.2. The summed E-state index contributed by atoms with van der Waals surface area (Å²) in [6.45, 7) is 0. The summed E-state index contributed by atoms with van der Waals surface area (Å²) in [5, 5.41) is 30.3. The molecule has 0 atom stereocenters. The van der Waals surface area contributed by atoms with Gasteiger partial charge in [-0.3, -0.25) is 0 Å². The molecule has 0 amide bonds. The van der Waals surface area contributed by atoms with Gasteiger partial charge in [-0.25, -0.2) is 0 Å². The standard InChI is InChI=1S/3C46H30/c1-2-14-31(15-3-1)33-19-12-20-35(28-33)45-40-23-8-10-25-42(40)46(43-26-11-9-24-41(43)45)44-30-36(29-34-17-5-7-22-38(34)44)39-27-13-18-32-16-4-6-21-37(32)39;1-2-14-31(15-3-1)34-19-12-20-35(30-34)44-39-23-8-10-25-41(39)46(42-26-11-9-24-40(42)44)45-37-22-7-5-17-33(37)28-29-43(45)38-27-13-18-32-16-4-6-21-36(32)38;1-2-14-31(15-3-1)33-18-12-19-34(30-33)45-40-23-8-10-25-42(40)46(43-26-11-9-24-41(43)45)44-29-28-39(37-21-6-7-22-38(37)44)36-27-13-17-32-16-4-5-20-35(32)36/h3*1-30H. The van der Waals surface area contributed by atoms with Crippen molar-refractivity contribution in [2.24, 2.45) is 0 Å². The van der Waals surface area contributed by atoms with E-state index in [0.29, 0.717) is 0 Å². The quantitative estimate of drug-likeness (QED) is 0.107. The van der Waals surface area contributed by atoms with E-state index < -0.39 is 0 Å². The Bertz CT molecular complexity index is 9260. The highest BCUT2D eigenvalue weighted by molar-refractivity contribution is 6.29. The van der Waals surface area contributed by atoms with E-state index in [-0.39, 0.29) is 0 Å². The Kier molecular flexibility index (Phi) is 21.1. The van der Waals surface area contributed by atoms with Gasteiger partial charge >= 0.3 is 0 Å². The van der Waals surface area contributed by atoms with Gasteiger partial charge in [-0.1, -0.05) is 516 Å². The van der Waals surface area contributed by atoms with Gasteiger partial charge in [0.1, 0.15) is 0 Å². The van der Waals surface area contributed by atoms with Crippen LogP contribution in [0, 0.1) is 0 Å². The molecule has 0 fully saturated rings. The average molecular weight is 1750 g/mol. The van der Waals surface area contributed by atoms with Gasteiger partial charge in [0.05, 0.1) is 0 Å². The average Bonchev–Trinajstić information content (AvgIpc) is 0.723. The van der Waals surface area contributed by atoms with Gasteiger partial charge in [-0.2, -0.15) is 0 Å². The first-order valence-corrected chi connectivity index (χ1v) is 47.8. The van der Waals surface area contributed by atoms with Crippen molar-refractivity contribution >= 4 is 129 Å². The molecule has 0 spiro atoms. The number of rotatable bonds is 12.